The van der Waals surface area contributed by atoms with Gasteiger partial charge >= 0.3 is 0 Å². The van der Waals surface area contributed by atoms with Crippen LogP contribution >= 0.6 is 24.0 Å². The highest BCUT2D eigenvalue weighted by Crippen LogP contribution is 2.13. The lowest BCUT2D eigenvalue weighted by Gasteiger charge is -2.18. The molecule has 6 heteroatoms. The summed E-state index contributed by atoms with van der Waals surface area (Å²) in [5.41, 5.74) is 3.63. The summed E-state index contributed by atoms with van der Waals surface area (Å²) in [4.78, 5) is 7.01. The summed E-state index contributed by atoms with van der Waals surface area (Å²) in [6.07, 6.45) is 0. The van der Waals surface area contributed by atoms with Gasteiger partial charge < -0.3 is 20.6 Å². The summed E-state index contributed by atoms with van der Waals surface area (Å²) in [6, 6.07) is 18.7. The van der Waals surface area contributed by atoms with E-state index in [2.05, 4.69) is 60.7 Å². The monoisotopic (exact) mass is 510 g/mol. The molecular formula is C23H35IN4O. The molecule has 0 saturated carbocycles. The number of nitrogens with zero attached hydrogens (tertiary/aromatic N) is 2. The minimum atomic E-state index is 0. The fraction of sp³-hybridized carbons (Fsp3) is 0.435. The smallest absolute Gasteiger partial charge is 0.191 e. The molecule has 0 aliphatic carbocycles. The second-order valence-corrected chi connectivity index (χ2v) is 7.02. The Morgan fingerprint density at radius 3 is 2.41 bits per heavy atom. The maximum absolute atomic E-state index is 9.75. The lowest BCUT2D eigenvalue weighted by Crippen LogP contribution is -2.39. The third-order valence-electron chi connectivity index (χ3n) is 4.75. The third kappa shape index (κ3) is 9.14. The van der Waals surface area contributed by atoms with Crippen molar-refractivity contribution < 1.29 is 5.11 Å². The number of rotatable bonds is 10. The van der Waals surface area contributed by atoms with Crippen LogP contribution in [0, 0.1) is 0 Å². The van der Waals surface area contributed by atoms with E-state index in [4.69, 9.17) is 4.99 Å². The van der Waals surface area contributed by atoms with Crippen LogP contribution in [-0.2, 0) is 13.1 Å². The number of halogens is 1. The van der Waals surface area contributed by atoms with Crippen LogP contribution in [0.1, 0.15) is 36.5 Å². The molecule has 5 nitrogen and oxygen atoms in total. The van der Waals surface area contributed by atoms with Crippen molar-refractivity contribution in [2.45, 2.75) is 32.9 Å². The number of benzene rings is 2. The van der Waals surface area contributed by atoms with Crippen LogP contribution in [0.2, 0.25) is 0 Å². The molecule has 0 saturated heterocycles. The Morgan fingerprint density at radius 2 is 1.76 bits per heavy atom. The average Bonchev–Trinajstić information content (AvgIpc) is 2.73. The summed E-state index contributed by atoms with van der Waals surface area (Å²) in [5, 5.41) is 16.4. The molecule has 0 bridgehead atoms. The SMILES string of the molecule is CCNC(=NCc1cccc(CN(C)CC)c1)NCC(CO)c1ccccc1.I. The molecule has 0 amide bonds. The molecule has 2 aromatic rings. The molecule has 2 aromatic carbocycles. The highest BCUT2D eigenvalue weighted by molar-refractivity contribution is 14.0. The largest absolute Gasteiger partial charge is 0.396 e. The maximum atomic E-state index is 9.75. The predicted molar refractivity (Wildman–Crippen MR) is 133 cm³/mol. The van der Waals surface area contributed by atoms with Gasteiger partial charge in [-0.25, -0.2) is 4.99 Å². The summed E-state index contributed by atoms with van der Waals surface area (Å²) in [6.45, 7) is 8.34. The standard InChI is InChI=1S/C23H34N4O.HI/c1-4-24-23(26-16-22(18-28)21-12-7-6-8-13-21)25-15-19-10-9-11-20(14-19)17-27(3)5-2;/h6-14,22,28H,4-5,15-18H2,1-3H3,(H2,24,25,26);1H. The number of hydrogen-bond acceptors (Lipinski definition) is 3. The zero-order valence-electron chi connectivity index (χ0n) is 17.8. The zero-order valence-corrected chi connectivity index (χ0v) is 20.1. The Labute approximate surface area is 192 Å². The van der Waals surface area contributed by atoms with Crippen molar-refractivity contribution in [3.05, 3.63) is 71.3 Å². The quantitative estimate of drug-likeness (QED) is 0.260. The zero-order chi connectivity index (χ0) is 20.2. The normalized spacial score (nSPS) is 12.4. The van der Waals surface area contributed by atoms with Gasteiger partial charge in [0.15, 0.2) is 5.96 Å². The van der Waals surface area contributed by atoms with Gasteiger partial charge in [0, 0.05) is 25.6 Å². The molecule has 1 unspecified atom stereocenters. The van der Waals surface area contributed by atoms with Crippen LogP contribution in [0.4, 0.5) is 0 Å². The van der Waals surface area contributed by atoms with E-state index >= 15 is 0 Å². The first kappa shape index (κ1) is 25.4. The molecular weight excluding hydrogens is 475 g/mol. The first-order valence-corrected chi connectivity index (χ1v) is 10.1. The Bertz CT molecular complexity index is 724. The molecule has 0 aromatic heterocycles. The first-order valence-electron chi connectivity index (χ1n) is 10.1. The Morgan fingerprint density at radius 1 is 1.03 bits per heavy atom. The van der Waals surface area contributed by atoms with Crippen molar-refractivity contribution in [1.29, 1.82) is 0 Å². The maximum Gasteiger partial charge on any atom is 0.191 e. The lowest BCUT2D eigenvalue weighted by molar-refractivity contribution is 0.265. The van der Waals surface area contributed by atoms with Crippen LogP contribution < -0.4 is 10.6 Å². The highest BCUT2D eigenvalue weighted by atomic mass is 127. The number of hydrogen-bond donors (Lipinski definition) is 3. The van der Waals surface area contributed by atoms with Gasteiger partial charge in [-0.2, -0.15) is 0 Å². The van der Waals surface area contributed by atoms with Gasteiger partial charge in [-0.05, 0) is 37.2 Å². The van der Waals surface area contributed by atoms with Crippen LogP contribution in [-0.4, -0.2) is 49.3 Å². The molecule has 0 radical (unpaired) electrons. The molecule has 0 heterocycles. The summed E-state index contributed by atoms with van der Waals surface area (Å²) in [7, 11) is 2.13. The van der Waals surface area contributed by atoms with E-state index in [9.17, 15) is 5.11 Å². The highest BCUT2D eigenvalue weighted by Gasteiger charge is 2.10. The van der Waals surface area contributed by atoms with Gasteiger partial charge in [-0.3, -0.25) is 0 Å². The van der Waals surface area contributed by atoms with Crippen molar-refractivity contribution in [3.8, 4) is 0 Å². The number of guanidine groups is 1. The van der Waals surface area contributed by atoms with Gasteiger partial charge in [-0.15, -0.1) is 24.0 Å². The molecule has 160 valence electrons. The van der Waals surface area contributed by atoms with Gasteiger partial charge in [0.05, 0.1) is 13.2 Å². The summed E-state index contributed by atoms with van der Waals surface area (Å²) in [5.74, 6) is 0.811. The van der Waals surface area contributed by atoms with Crippen molar-refractivity contribution in [1.82, 2.24) is 15.5 Å². The molecule has 1 atom stereocenters. The molecule has 0 spiro atoms. The predicted octanol–water partition coefficient (Wildman–Crippen LogP) is 3.59. The summed E-state index contributed by atoms with van der Waals surface area (Å²) >= 11 is 0. The fourth-order valence-electron chi connectivity index (χ4n) is 2.99. The number of aliphatic imine (C=N–C) groups is 1. The molecule has 3 N–H and O–H groups in total. The van der Waals surface area contributed by atoms with E-state index in [0.717, 1.165) is 31.2 Å². The van der Waals surface area contributed by atoms with Crippen LogP contribution in [0.5, 0.6) is 0 Å². The van der Waals surface area contributed by atoms with Gasteiger partial charge in [0.2, 0.25) is 0 Å². The van der Waals surface area contributed by atoms with E-state index in [1.54, 1.807) is 0 Å². The second kappa shape index (κ2) is 14.4. The minimum absolute atomic E-state index is 0. The van der Waals surface area contributed by atoms with Gasteiger partial charge in [0.1, 0.15) is 0 Å². The van der Waals surface area contributed by atoms with Gasteiger partial charge in [-0.1, -0.05) is 61.5 Å². The second-order valence-electron chi connectivity index (χ2n) is 7.02. The third-order valence-corrected chi connectivity index (χ3v) is 4.75. The van der Waals surface area contributed by atoms with Gasteiger partial charge in [0.25, 0.3) is 0 Å². The molecule has 0 aliphatic rings. The lowest BCUT2D eigenvalue weighted by atomic mass is 10.0. The van der Waals surface area contributed by atoms with Crippen LogP contribution in [0.15, 0.2) is 59.6 Å². The Balaban J connectivity index is 0.00000420. The molecule has 2 rings (SSSR count). The van der Waals surface area contributed by atoms with Crippen molar-refractivity contribution >= 4 is 29.9 Å². The van der Waals surface area contributed by atoms with E-state index < -0.39 is 0 Å². The van der Waals surface area contributed by atoms with Crippen molar-refractivity contribution in [2.75, 3.05) is 33.3 Å². The topological polar surface area (TPSA) is 59.9 Å². The first-order chi connectivity index (χ1) is 13.7. The summed E-state index contributed by atoms with van der Waals surface area (Å²) < 4.78 is 0. The van der Waals surface area contributed by atoms with E-state index in [0.29, 0.717) is 13.1 Å². The van der Waals surface area contributed by atoms with Crippen LogP contribution in [0.25, 0.3) is 0 Å². The Kier molecular flexibility index (Phi) is 12.6. The molecule has 29 heavy (non-hydrogen) atoms. The van der Waals surface area contributed by atoms with Crippen molar-refractivity contribution in [2.24, 2.45) is 4.99 Å². The number of aliphatic hydroxyl groups excluding tert-OH is 1. The molecule has 0 fully saturated rings. The van der Waals surface area contributed by atoms with E-state index in [-0.39, 0.29) is 36.5 Å². The number of aliphatic hydroxyl groups is 1. The Hall–Kier alpha value is -1.64. The molecule has 0 aliphatic heterocycles. The van der Waals surface area contributed by atoms with E-state index in [1.165, 1.54) is 11.1 Å². The van der Waals surface area contributed by atoms with E-state index in [1.807, 2.05) is 30.3 Å². The average molecular weight is 510 g/mol. The van der Waals surface area contributed by atoms with Crippen LogP contribution in [0.3, 0.4) is 0 Å². The fourth-order valence-corrected chi connectivity index (χ4v) is 2.99. The minimum Gasteiger partial charge on any atom is -0.396 e. The van der Waals surface area contributed by atoms with Crippen molar-refractivity contribution in [3.63, 3.8) is 0 Å². The number of nitrogens with one attached hydrogen (secondary N) is 2.